The van der Waals surface area contributed by atoms with Gasteiger partial charge in [0.2, 0.25) is 0 Å². The summed E-state index contributed by atoms with van der Waals surface area (Å²) in [5.74, 6) is 1.83. The molecule has 0 spiro atoms. The summed E-state index contributed by atoms with van der Waals surface area (Å²) in [7, 11) is 3.92. The zero-order valence-electron chi connectivity index (χ0n) is 11.9. The Morgan fingerprint density at radius 2 is 1.79 bits per heavy atom. The van der Waals surface area contributed by atoms with Crippen LogP contribution in [0.5, 0.6) is 0 Å². The van der Waals surface area contributed by atoms with Gasteiger partial charge in [0, 0.05) is 26.2 Å². The lowest BCUT2D eigenvalue weighted by Gasteiger charge is -2.21. The normalized spacial score (nSPS) is 10.3. The van der Waals surface area contributed by atoms with Crippen LogP contribution in [-0.2, 0) is 6.54 Å². The predicted molar refractivity (Wildman–Crippen MR) is 79.6 cm³/mol. The monoisotopic (exact) mass is 256 g/mol. The molecule has 1 aromatic heterocycles. The van der Waals surface area contributed by atoms with Crippen LogP contribution < -0.4 is 10.2 Å². The molecule has 2 rings (SSSR count). The number of benzene rings is 1. The molecule has 0 saturated carbocycles. The van der Waals surface area contributed by atoms with E-state index in [2.05, 4.69) is 58.4 Å². The fourth-order valence-corrected chi connectivity index (χ4v) is 2.12. The highest BCUT2D eigenvalue weighted by Crippen LogP contribution is 2.22. The molecule has 19 heavy (non-hydrogen) atoms. The van der Waals surface area contributed by atoms with Crippen molar-refractivity contribution in [1.29, 1.82) is 0 Å². The number of aryl methyl sites for hydroxylation is 1. The number of anilines is 2. The topological polar surface area (TPSA) is 41.1 Å². The number of nitrogens with zero attached hydrogens (tertiary/aromatic N) is 3. The molecule has 0 fully saturated rings. The van der Waals surface area contributed by atoms with Crippen molar-refractivity contribution in [2.24, 2.45) is 0 Å². The van der Waals surface area contributed by atoms with E-state index < -0.39 is 0 Å². The Labute approximate surface area is 114 Å². The Balaban J connectivity index is 2.20. The molecule has 0 amide bonds. The van der Waals surface area contributed by atoms with Crippen LogP contribution in [0.15, 0.2) is 30.6 Å². The molecule has 2 aromatic rings. The predicted octanol–water partition coefficient (Wildman–Crippen LogP) is 2.77. The van der Waals surface area contributed by atoms with E-state index in [1.807, 2.05) is 14.0 Å². The summed E-state index contributed by atoms with van der Waals surface area (Å²) in [4.78, 5) is 10.7. The van der Waals surface area contributed by atoms with Crippen molar-refractivity contribution in [2.45, 2.75) is 20.4 Å². The summed E-state index contributed by atoms with van der Waals surface area (Å²) < 4.78 is 0. The fourth-order valence-electron chi connectivity index (χ4n) is 2.12. The van der Waals surface area contributed by atoms with E-state index in [0.29, 0.717) is 0 Å². The minimum atomic E-state index is 0.835. The lowest BCUT2D eigenvalue weighted by Crippen LogP contribution is -2.19. The zero-order chi connectivity index (χ0) is 13.8. The average Bonchev–Trinajstić information content (AvgIpc) is 2.41. The Bertz CT molecular complexity index is 549. The lowest BCUT2D eigenvalue weighted by atomic mass is 10.1. The number of rotatable bonds is 4. The molecule has 0 aliphatic carbocycles. The second kappa shape index (κ2) is 5.69. The van der Waals surface area contributed by atoms with Crippen molar-refractivity contribution in [2.75, 3.05) is 24.3 Å². The van der Waals surface area contributed by atoms with E-state index in [1.165, 1.54) is 11.1 Å². The van der Waals surface area contributed by atoms with Crippen LogP contribution in [0, 0.1) is 13.8 Å². The highest BCUT2D eigenvalue weighted by Gasteiger charge is 2.10. The van der Waals surface area contributed by atoms with Crippen molar-refractivity contribution in [3.05, 3.63) is 47.3 Å². The van der Waals surface area contributed by atoms with Gasteiger partial charge in [0.25, 0.3) is 0 Å². The second-order valence-corrected chi connectivity index (χ2v) is 4.76. The van der Waals surface area contributed by atoms with Crippen molar-refractivity contribution >= 4 is 11.6 Å². The number of hydrogen-bond acceptors (Lipinski definition) is 4. The molecule has 0 aliphatic heterocycles. The van der Waals surface area contributed by atoms with E-state index >= 15 is 0 Å². The number of hydrogen-bond donors (Lipinski definition) is 1. The summed E-state index contributed by atoms with van der Waals surface area (Å²) in [5.41, 5.74) is 3.62. The third-order valence-corrected chi connectivity index (χ3v) is 3.20. The molecular formula is C15H20N4. The fraction of sp³-hybridized carbons (Fsp3) is 0.333. The minimum Gasteiger partial charge on any atom is -0.373 e. The highest BCUT2D eigenvalue weighted by molar-refractivity contribution is 5.57. The van der Waals surface area contributed by atoms with Crippen LogP contribution in [0.3, 0.4) is 0 Å². The summed E-state index contributed by atoms with van der Waals surface area (Å²) in [6.45, 7) is 4.97. The summed E-state index contributed by atoms with van der Waals surface area (Å²) in [6, 6.07) is 8.58. The lowest BCUT2D eigenvalue weighted by molar-refractivity contribution is 0.882. The summed E-state index contributed by atoms with van der Waals surface area (Å²) >= 11 is 0. The van der Waals surface area contributed by atoms with Crippen molar-refractivity contribution in [3.8, 4) is 0 Å². The molecule has 0 unspecified atom stereocenters. The SMILES string of the molecule is CNc1ncnc(N(C)Cc2ccc(C)cc2)c1C. The maximum atomic E-state index is 4.38. The van der Waals surface area contributed by atoms with Crippen LogP contribution >= 0.6 is 0 Å². The molecule has 1 aromatic carbocycles. The minimum absolute atomic E-state index is 0.835. The smallest absolute Gasteiger partial charge is 0.137 e. The molecule has 4 nitrogen and oxygen atoms in total. The molecule has 1 N–H and O–H groups in total. The summed E-state index contributed by atoms with van der Waals surface area (Å²) in [5, 5.41) is 3.08. The van der Waals surface area contributed by atoms with Crippen LogP contribution in [0.4, 0.5) is 11.6 Å². The standard InChI is InChI=1S/C15H20N4/c1-11-5-7-13(8-6-11)9-19(4)15-12(2)14(16-3)17-10-18-15/h5-8,10H,9H2,1-4H3,(H,16,17,18). The third-order valence-electron chi connectivity index (χ3n) is 3.20. The first kappa shape index (κ1) is 13.3. The van der Waals surface area contributed by atoms with Crippen molar-refractivity contribution in [1.82, 2.24) is 9.97 Å². The van der Waals surface area contributed by atoms with E-state index in [4.69, 9.17) is 0 Å². The van der Waals surface area contributed by atoms with Crippen LogP contribution in [-0.4, -0.2) is 24.1 Å². The second-order valence-electron chi connectivity index (χ2n) is 4.76. The quantitative estimate of drug-likeness (QED) is 0.913. The third kappa shape index (κ3) is 3.02. The van der Waals surface area contributed by atoms with Gasteiger partial charge in [-0.15, -0.1) is 0 Å². The van der Waals surface area contributed by atoms with Crippen molar-refractivity contribution < 1.29 is 0 Å². The van der Waals surface area contributed by atoms with Gasteiger partial charge < -0.3 is 10.2 Å². The molecule has 0 radical (unpaired) electrons. The Hall–Kier alpha value is -2.10. The van der Waals surface area contributed by atoms with Gasteiger partial charge in [-0.3, -0.25) is 0 Å². The first-order valence-electron chi connectivity index (χ1n) is 6.38. The van der Waals surface area contributed by atoms with Crippen LogP contribution in [0.2, 0.25) is 0 Å². The maximum Gasteiger partial charge on any atom is 0.137 e. The number of aromatic nitrogens is 2. The number of nitrogens with one attached hydrogen (secondary N) is 1. The maximum absolute atomic E-state index is 4.38. The molecule has 100 valence electrons. The first-order chi connectivity index (χ1) is 9.11. The Morgan fingerprint density at radius 3 is 2.42 bits per heavy atom. The van der Waals surface area contributed by atoms with Gasteiger partial charge in [-0.2, -0.15) is 0 Å². The molecule has 1 heterocycles. The largest absolute Gasteiger partial charge is 0.373 e. The average molecular weight is 256 g/mol. The molecular weight excluding hydrogens is 236 g/mol. The van der Waals surface area contributed by atoms with E-state index in [9.17, 15) is 0 Å². The molecule has 0 bridgehead atoms. The zero-order valence-corrected chi connectivity index (χ0v) is 11.9. The van der Waals surface area contributed by atoms with Gasteiger partial charge in [-0.05, 0) is 19.4 Å². The Morgan fingerprint density at radius 1 is 1.11 bits per heavy atom. The molecule has 0 atom stereocenters. The van der Waals surface area contributed by atoms with Crippen LogP contribution in [0.1, 0.15) is 16.7 Å². The molecule has 4 heteroatoms. The highest BCUT2D eigenvalue weighted by atomic mass is 15.2. The van der Waals surface area contributed by atoms with E-state index in [1.54, 1.807) is 6.33 Å². The molecule has 0 aliphatic rings. The molecule has 0 saturated heterocycles. The first-order valence-corrected chi connectivity index (χ1v) is 6.38. The van der Waals surface area contributed by atoms with Gasteiger partial charge in [0.05, 0.1) is 0 Å². The van der Waals surface area contributed by atoms with Crippen LogP contribution in [0.25, 0.3) is 0 Å². The van der Waals surface area contributed by atoms with Gasteiger partial charge in [0.15, 0.2) is 0 Å². The van der Waals surface area contributed by atoms with Gasteiger partial charge in [-0.25, -0.2) is 9.97 Å². The Kier molecular flexibility index (Phi) is 4.00. The van der Waals surface area contributed by atoms with E-state index in [-0.39, 0.29) is 0 Å². The van der Waals surface area contributed by atoms with E-state index in [0.717, 1.165) is 23.7 Å². The van der Waals surface area contributed by atoms with Gasteiger partial charge >= 0.3 is 0 Å². The van der Waals surface area contributed by atoms with Gasteiger partial charge in [0.1, 0.15) is 18.0 Å². The van der Waals surface area contributed by atoms with Gasteiger partial charge in [-0.1, -0.05) is 29.8 Å². The summed E-state index contributed by atoms with van der Waals surface area (Å²) in [6.07, 6.45) is 1.60. The van der Waals surface area contributed by atoms with Crippen molar-refractivity contribution in [3.63, 3.8) is 0 Å².